The van der Waals surface area contributed by atoms with Gasteiger partial charge in [0, 0.05) is 12.5 Å². The number of amides is 1. The van der Waals surface area contributed by atoms with Gasteiger partial charge < -0.3 is 10.6 Å². The second kappa shape index (κ2) is 7.43. The summed E-state index contributed by atoms with van der Waals surface area (Å²) in [4.78, 5) is 12.5. The van der Waals surface area contributed by atoms with E-state index in [1.165, 1.54) is 0 Å². The van der Waals surface area contributed by atoms with Gasteiger partial charge in [0.1, 0.15) is 0 Å². The van der Waals surface area contributed by atoms with Crippen LogP contribution in [0.4, 0.5) is 0 Å². The minimum absolute atomic E-state index is 0.131. The number of terminal acetylenes is 1. The first kappa shape index (κ1) is 15.0. The van der Waals surface area contributed by atoms with Crippen molar-refractivity contribution in [1.82, 2.24) is 10.6 Å². The van der Waals surface area contributed by atoms with Crippen molar-refractivity contribution in [3.8, 4) is 12.3 Å². The van der Waals surface area contributed by atoms with Crippen LogP contribution in [0.25, 0.3) is 0 Å². The molecule has 1 unspecified atom stereocenters. The molecule has 1 amide bonds. The first-order valence-corrected chi connectivity index (χ1v) is 7.13. The third kappa shape index (κ3) is 3.74. The summed E-state index contributed by atoms with van der Waals surface area (Å²) in [5, 5.41) is 6.49. The zero-order valence-corrected chi connectivity index (χ0v) is 11.7. The van der Waals surface area contributed by atoms with Crippen molar-refractivity contribution in [3.05, 3.63) is 0 Å². The van der Waals surface area contributed by atoms with E-state index in [2.05, 4.69) is 30.4 Å². The molecule has 3 heteroatoms. The molecule has 18 heavy (non-hydrogen) atoms. The number of carbonyl (C=O) groups excluding carboxylic acids is 1. The maximum absolute atomic E-state index is 12.5. The minimum atomic E-state index is -0.165. The summed E-state index contributed by atoms with van der Waals surface area (Å²) in [6, 6.07) is 0.131. The zero-order valence-electron chi connectivity index (χ0n) is 11.7. The number of nitrogens with one attached hydrogen (secondary N) is 2. The van der Waals surface area contributed by atoms with Gasteiger partial charge in [0.25, 0.3) is 0 Å². The average Bonchev–Trinajstić information content (AvgIpc) is 2.39. The number of piperidine rings is 1. The van der Waals surface area contributed by atoms with Crippen LogP contribution in [0.2, 0.25) is 0 Å². The summed E-state index contributed by atoms with van der Waals surface area (Å²) in [7, 11) is 0. The zero-order chi connectivity index (χ0) is 13.4. The van der Waals surface area contributed by atoms with Crippen molar-refractivity contribution in [2.75, 3.05) is 13.1 Å². The van der Waals surface area contributed by atoms with E-state index in [-0.39, 0.29) is 17.4 Å². The maximum atomic E-state index is 12.5. The summed E-state index contributed by atoms with van der Waals surface area (Å²) >= 11 is 0. The molecule has 0 aromatic carbocycles. The van der Waals surface area contributed by atoms with Crippen LogP contribution in [0.5, 0.6) is 0 Å². The molecule has 1 aliphatic heterocycles. The topological polar surface area (TPSA) is 41.1 Å². The lowest BCUT2D eigenvalue weighted by Gasteiger charge is -2.37. The Kier molecular flexibility index (Phi) is 6.21. The lowest BCUT2D eigenvalue weighted by atomic mass is 9.74. The van der Waals surface area contributed by atoms with E-state index >= 15 is 0 Å². The fourth-order valence-corrected chi connectivity index (χ4v) is 2.75. The molecular weight excluding hydrogens is 224 g/mol. The van der Waals surface area contributed by atoms with Crippen molar-refractivity contribution in [1.29, 1.82) is 0 Å². The summed E-state index contributed by atoms with van der Waals surface area (Å²) < 4.78 is 0. The fourth-order valence-electron chi connectivity index (χ4n) is 2.75. The molecule has 0 aromatic heterocycles. The van der Waals surface area contributed by atoms with Crippen LogP contribution in [0.1, 0.15) is 52.4 Å². The van der Waals surface area contributed by atoms with Crippen LogP contribution in [0, 0.1) is 17.8 Å². The molecule has 1 heterocycles. The first-order valence-electron chi connectivity index (χ1n) is 7.13. The minimum Gasteiger partial charge on any atom is -0.352 e. The average molecular weight is 250 g/mol. The summed E-state index contributed by atoms with van der Waals surface area (Å²) in [5.41, 5.74) is -0.165. The Labute approximate surface area is 111 Å². The molecule has 102 valence electrons. The van der Waals surface area contributed by atoms with Gasteiger partial charge in [0.05, 0.1) is 5.41 Å². The van der Waals surface area contributed by atoms with Crippen molar-refractivity contribution < 1.29 is 4.79 Å². The fraction of sp³-hybridized carbons (Fsp3) is 0.800. The number of hydrogen-bond donors (Lipinski definition) is 2. The summed E-state index contributed by atoms with van der Waals surface area (Å²) in [5.74, 6) is 2.86. The van der Waals surface area contributed by atoms with E-state index in [9.17, 15) is 4.79 Å². The highest BCUT2D eigenvalue weighted by Crippen LogP contribution is 2.34. The molecule has 1 atom stereocenters. The highest BCUT2D eigenvalue weighted by Gasteiger charge is 2.38. The second-order valence-electron chi connectivity index (χ2n) is 5.27. The van der Waals surface area contributed by atoms with Crippen molar-refractivity contribution in [2.45, 2.75) is 58.4 Å². The summed E-state index contributed by atoms with van der Waals surface area (Å²) in [6.07, 6.45) is 10.8. The van der Waals surface area contributed by atoms with Gasteiger partial charge in [0.2, 0.25) is 5.91 Å². The molecule has 1 fully saturated rings. The van der Waals surface area contributed by atoms with E-state index in [1.807, 2.05) is 0 Å². The highest BCUT2D eigenvalue weighted by molar-refractivity contribution is 5.83. The Bertz CT molecular complexity index is 295. The van der Waals surface area contributed by atoms with Gasteiger partial charge in [-0.2, -0.15) is 0 Å². The Balaban J connectivity index is 2.67. The van der Waals surface area contributed by atoms with E-state index in [1.54, 1.807) is 0 Å². The molecule has 0 saturated carbocycles. The molecule has 0 radical (unpaired) electrons. The van der Waals surface area contributed by atoms with Crippen molar-refractivity contribution >= 4 is 5.91 Å². The van der Waals surface area contributed by atoms with E-state index in [0.717, 1.165) is 45.2 Å². The normalized spacial score (nSPS) is 19.8. The van der Waals surface area contributed by atoms with Gasteiger partial charge in [-0.1, -0.05) is 20.3 Å². The third-order valence-corrected chi connectivity index (χ3v) is 3.96. The Morgan fingerprint density at radius 3 is 2.61 bits per heavy atom. The monoisotopic (exact) mass is 250 g/mol. The summed E-state index contributed by atoms with van der Waals surface area (Å²) in [6.45, 7) is 6.10. The van der Waals surface area contributed by atoms with E-state index < -0.39 is 0 Å². The van der Waals surface area contributed by atoms with Crippen LogP contribution in [0.15, 0.2) is 0 Å². The van der Waals surface area contributed by atoms with Gasteiger partial charge in [-0.3, -0.25) is 4.79 Å². The second-order valence-corrected chi connectivity index (χ2v) is 5.27. The maximum Gasteiger partial charge on any atom is 0.226 e. The van der Waals surface area contributed by atoms with E-state index in [4.69, 9.17) is 6.42 Å². The standard InChI is InChI=1S/C15H26N2O/c1-4-7-13(6-3)17-14(18)15(8-5-2)9-11-16-12-10-15/h1,13,16H,5-12H2,2-3H3,(H,17,18). The Hall–Kier alpha value is -1.01. The van der Waals surface area contributed by atoms with Crippen molar-refractivity contribution in [3.63, 3.8) is 0 Å². The molecule has 0 aromatic rings. The number of carbonyl (C=O) groups is 1. The van der Waals surface area contributed by atoms with Crippen LogP contribution in [-0.2, 0) is 4.79 Å². The molecule has 0 spiro atoms. The third-order valence-electron chi connectivity index (χ3n) is 3.96. The number of rotatable bonds is 6. The molecule has 3 nitrogen and oxygen atoms in total. The van der Waals surface area contributed by atoms with Crippen molar-refractivity contribution in [2.24, 2.45) is 5.41 Å². The predicted octanol–water partition coefficient (Wildman–Crippen LogP) is 2.07. The SMILES string of the molecule is C#CCC(CC)NC(=O)C1(CCC)CCNCC1. The van der Waals surface area contributed by atoms with Crippen LogP contribution in [0.3, 0.4) is 0 Å². The largest absolute Gasteiger partial charge is 0.352 e. The Morgan fingerprint density at radius 2 is 2.11 bits per heavy atom. The molecule has 1 aliphatic rings. The molecule has 1 saturated heterocycles. The van der Waals surface area contributed by atoms with Gasteiger partial charge in [-0.15, -0.1) is 12.3 Å². The van der Waals surface area contributed by atoms with Crippen LogP contribution >= 0.6 is 0 Å². The smallest absolute Gasteiger partial charge is 0.226 e. The molecular formula is C15H26N2O. The van der Waals surface area contributed by atoms with E-state index in [0.29, 0.717) is 6.42 Å². The predicted molar refractivity (Wildman–Crippen MR) is 75.1 cm³/mol. The first-order chi connectivity index (χ1) is 8.68. The number of hydrogen-bond acceptors (Lipinski definition) is 2. The Morgan fingerprint density at radius 1 is 1.44 bits per heavy atom. The van der Waals surface area contributed by atoms with Crippen LogP contribution in [-0.4, -0.2) is 25.0 Å². The van der Waals surface area contributed by atoms with Gasteiger partial charge >= 0.3 is 0 Å². The van der Waals surface area contributed by atoms with Crippen LogP contribution < -0.4 is 10.6 Å². The molecule has 0 bridgehead atoms. The van der Waals surface area contributed by atoms with Gasteiger partial charge in [-0.25, -0.2) is 0 Å². The van der Waals surface area contributed by atoms with Gasteiger partial charge in [-0.05, 0) is 38.8 Å². The molecule has 0 aliphatic carbocycles. The quantitative estimate of drug-likeness (QED) is 0.709. The lowest BCUT2D eigenvalue weighted by molar-refractivity contribution is -0.134. The molecule has 2 N–H and O–H groups in total. The van der Waals surface area contributed by atoms with Gasteiger partial charge in [0.15, 0.2) is 0 Å². The lowest BCUT2D eigenvalue weighted by Crippen LogP contribution is -2.50. The highest BCUT2D eigenvalue weighted by atomic mass is 16.2. The molecule has 1 rings (SSSR count).